The van der Waals surface area contributed by atoms with Crippen molar-refractivity contribution in [2.24, 2.45) is 5.92 Å². The van der Waals surface area contributed by atoms with E-state index in [9.17, 15) is 9.50 Å². The average molecular weight is 337 g/mol. The van der Waals surface area contributed by atoms with Gasteiger partial charge in [-0.15, -0.1) is 0 Å². The van der Waals surface area contributed by atoms with E-state index in [1.165, 1.54) is 23.3 Å². The quantitative estimate of drug-likeness (QED) is 0.863. The van der Waals surface area contributed by atoms with Crippen LogP contribution in [0.2, 0.25) is 0 Å². The third-order valence-corrected chi connectivity index (χ3v) is 3.77. The molecule has 0 aliphatic rings. The lowest BCUT2D eigenvalue weighted by atomic mass is 9.92. The summed E-state index contributed by atoms with van der Waals surface area (Å²) in [6.07, 6.45) is 1.47. The van der Waals surface area contributed by atoms with Crippen molar-refractivity contribution in [3.05, 3.63) is 69.4 Å². The van der Waals surface area contributed by atoms with Crippen molar-refractivity contribution in [2.45, 2.75) is 19.8 Å². The van der Waals surface area contributed by atoms with E-state index in [2.05, 4.69) is 41.1 Å². The molecule has 0 radical (unpaired) electrons. The SMILES string of the molecule is Cc1cccc(CC(CO)Cc2cc(F)cc(Br)c2)c1. The summed E-state index contributed by atoms with van der Waals surface area (Å²) >= 11 is 3.30. The van der Waals surface area contributed by atoms with Crippen molar-refractivity contribution in [3.8, 4) is 0 Å². The van der Waals surface area contributed by atoms with Crippen LogP contribution >= 0.6 is 15.9 Å². The van der Waals surface area contributed by atoms with Crippen molar-refractivity contribution in [2.75, 3.05) is 6.61 Å². The van der Waals surface area contributed by atoms with Crippen LogP contribution in [0.15, 0.2) is 46.9 Å². The maximum Gasteiger partial charge on any atom is 0.124 e. The van der Waals surface area contributed by atoms with Gasteiger partial charge >= 0.3 is 0 Å². The predicted octanol–water partition coefficient (Wildman–Crippen LogP) is 4.29. The summed E-state index contributed by atoms with van der Waals surface area (Å²) in [4.78, 5) is 0. The number of hydrogen-bond donors (Lipinski definition) is 1. The number of hydrogen-bond acceptors (Lipinski definition) is 1. The molecule has 2 aromatic carbocycles. The van der Waals surface area contributed by atoms with E-state index in [1.807, 2.05) is 12.1 Å². The molecule has 0 saturated heterocycles. The fourth-order valence-electron chi connectivity index (χ4n) is 2.44. The molecule has 0 aliphatic heterocycles. The zero-order chi connectivity index (χ0) is 14.5. The molecule has 0 bridgehead atoms. The molecule has 1 N–H and O–H groups in total. The van der Waals surface area contributed by atoms with Crippen LogP contribution in [-0.4, -0.2) is 11.7 Å². The van der Waals surface area contributed by atoms with Crippen molar-refractivity contribution < 1.29 is 9.50 Å². The van der Waals surface area contributed by atoms with Crippen molar-refractivity contribution in [3.63, 3.8) is 0 Å². The van der Waals surface area contributed by atoms with E-state index in [0.717, 1.165) is 16.5 Å². The van der Waals surface area contributed by atoms with E-state index in [0.29, 0.717) is 6.42 Å². The van der Waals surface area contributed by atoms with Crippen LogP contribution in [0.25, 0.3) is 0 Å². The normalized spacial score (nSPS) is 12.4. The van der Waals surface area contributed by atoms with Crippen molar-refractivity contribution in [1.29, 1.82) is 0 Å². The molecule has 0 fully saturated rings. The van der Waals surface area contributed by atoms with Crippen LogP contribution in [0, 0.1) is 18.7 Å². The number of halogens is 2. The minimum absolute atomic E-state index is 0.0993. The highest BCUT2D eigenvalue weighted by Crippen LogP contribution is 2.20. The zero-order valence-corrected chi connectivity index (χ0v) is 13.0. The summed E-state index contributed by atoms with van der Waals surface area (Å²) in [6, 6.07) is 13.2. The molecular formula is C17H18BrFO. The van der Waals surface area contributed by atoms with Gasteiger partial charge in [0.1, 0.15) is 5.82 Å². The van der Waals surface area contributed by atoms with Crippen LogP contribution < -0.4 is 0 Å². The largest absolute Gasteiger partial charge is 0.396 e. The Hall–Kier alpha value is -1.19. The minimum Gasteiger partial charge on any atom is -0.396 e. The molecule has 1 atom stereocenters. The zero-order valence-electron chi connectivity index (χ0n) is 11.4. The fraction of sp³-hybridized carbons (Fsp3) is 0.294. The van der Waals surface area contributed by atoms with E-state index < -0.39 is 0 Å². The summed E-state index contributed by atoms with van der Waals surface area (Å²) in [5, 5.41) is 9.55. The molecule has 0 amide bonds. The summed E-state index contributed by atoms with van der Waals surface area (Å²) in [7, 11) is 0. The summed E-state index contributed by atoms with van der Waals surface area (Å²) in [5.74, 6) is -0.146. The third-order valence-electron chi connectivity index (χ3n) is 3.31. The standard InChI is InChI=1S/C17H18BrFO/c1-12-3-2-4-13(5-12)6-15(11-20)7-14-8-16(18)10-17(19)9-14/h2-5,8-10,15,20H,6-7,11H2,1H3. The van der Waals surface area contributed by atoms with Crippen LogP contribution in [0.5, 0.6) is 0 Å². The van der Waals surface area contributed by atoms with Crippen molar-refractivity contribution in [1.82, 2.24) is 0 Å². The van der Waals surface area contributed by atoms with Gasteiger partial charge in [0.05, 0.1) is 0 Å². The fourth-order valence-corrected chi connectivity index (χ4v) is 2.95. The smallest absolute Gasteiger partial charge is 0.124 e. The van der Waals surface area contributed by atoms with Gasteiger partial charge in [0, 0.05) is 11.1 Å². The van der Waals surface area contributed by atoms with Gasteiger partial charge in [0.2, 0.25) is 0 Å². The van der Waals surface area contributed by atoms with E-state index >= 15 is 0 Å². The van der Waals surface area contributed by atoms with Gasteiger partial charge in [0.15, 0.2) is 0 Å². The summed E-state index contributed by atoms with van der Waals surface area (Å²) < 4.78 is 14.1. The second kappa shape index (κ2) is 7.00. The number of aryl methyl sites for hydroxylation is 1. The minimum atomic E-state index is -0.248. The molecule has 0 spiro atoms. The lowest BCUT2D eigenvalue weighted by Gasteiger charge is -2.15. The highest BCUT2D eigenvalue weighted by Gasteiger charge is 2.11. The summed E-state index contributed by atoms with van der Waals surface area (Å²) in [6.45, 7) is 2.16. The van der Waals surface area contributed by atoms with Gasteiger partial charge in [-0.2, -0.15) is 0 Å². The second-order valence-electron chi connectivity index (χ2n) is 5.22. The Morgan fingerprint density at radius 2 is 1.85 bits per heavy atom. The van der Waals surface area contributed by atoms with Gasteiger partial charge in [-0.05, 0) is 55.0 Å². The van der Waals surface area contributed by atoms with Gasteiger partial charge < -0.3 is 5.11 Å². The lowest BCUT2D eigenvalue weighted by Crippen LogP contribution is -2.13. The van der Waals surface area contributed by atoms with E-state index in [-0.39, 0.29) is 18.3 Å². The lowest BCUT2D eigenvalue weighted by molar-refractivity contribution is 0.225. The molecule has 2 rings (SSSR count). The number of aliphatic hydroxyl groups is 1. The third kappa shape index (κ3) is 4.43. The van der Waals surface area contributed by atoms with Gasteiger partial charge in [-0.1, -0.05) is 45.8 Å². The van der Waals surface area contributed by atoms with Crippen LogP contribution in [0.1, 0.15) is 16.7 Å². The first-order valence-electron chi connectivity index (χ1n) is 6.68. The number of rotatable bonds is 5. The molecule has 1 unspecified atom stereocenters. The Morgan fingerprint density at radius 3 is 2.50 bits per heavy atom. The highest BCUT2D eigenvalue weighted by molar-refractivity contribution is 9.10. The number of benzene rings is 2. The first-order chi connectivity index (χ1) is 9.56. The van der Waals surface area contributed by atoms with Crippen molar-refractivity contribution >= 4 is 15.9 Å². The average Bonchev–Trinajstić information content (AvgIpc) is 2.36. The van der Waals surface area contributed by atoms with Crippen LogP contribution in [0.3, 0.4) is 0 Å². The molecule has 0 heterocycles. The Bertz CT molecular complexity index is 563. The summed E-state index contributed by atoms with van der Waals surface area (Å²) in [5.41, 5.74) is 3.33. The van der Waals surface area contributed by atoms with E-state index in [1.54, 1.807) is 0 Å². The monoisotopic (exact) mass is 336 g/mol. The molecule has 1 nitrogen and oxygen atoms in total. The predicted molar refractivity (Wildman–Crippen MR) is 83.3 cm³/mol. The Morgan fingerprint density at radius 1 is 1.10 bits per heavy atom. The molecular weight excluding hydrogens is 319 g/mol. The first-order valence-corrected chi connectivity index (χ1v) is 7.47. The molecule has 0 saturated carbocycles. The Labute approximate surface area is 127 Å². The Balaban J connectivity index is 2.09. The first kappa shape index (κ1) is 15.2. The highest BCUT2D eigenvalue weighted by atomic mass is 79.9. The van der Waals surface area contributed by atoms with Gasteiger partial charge in [-0.3, -0.25) is 0 Å². The topological polar surface area (TPSA) is 20.2 Å². The van der Waals surface area contributed by atoms with E-state index in [4.69, 9.17) is 0 Å². The number of aliphatic hydroxyl groups excluding tert-OH is 1. The second-order valence-corrected chi connectivity index (χ2v) is 6.14. The van der Waals surface area contributed by atoms with Gasteiger partial charge in [0.25, 0.3) is 0 Å². The van der Waals surface area contributed by atoms with Gasteiger partial charge in [-0.25, -0.2) is 4.39 Å². The molecule has 3 heteroatoms. The van der Waals surface area contributed by atoms with Crippen LogP contribution in [-0.2, 0) is 12.8 Å². The Kier molecular flexibility index (Phi) is 5.32. The molecule has 0 aliphatic carbocycles. The maximum atomic E-state index is 13.4. The maximum absolute atomic E-state index is 13.4. The molecule has 20 heavy (non-hydrogen) atoms. The van der Waals surface area contributed by atoms with Crippen LogP contribution in [0.4, 0.5) is 4.39 Å². The molecule has 106 valence electrons. The molecule has 0 aromatic heterocycles. The molecule has 2 aromatic rings.